The number of hydrogen-bond acceptors (Lipinski definition) is 24. The minimum absolute atomic E-state index is 0.00721. The van der Waals surface area contributed by atoms with Crippen LogP contribution in [0.5, 0.6) is 0 Å². The van der Waals surface area contributed by atoms with Crippen LogP contribution in [0.15, 0.2) is 120 Å². The maximum absolute atomic E-state index is 16.1. The summed E-state index contributed by atoms with van der Waals surface area (Å²) in [6, 6.07) is 19.6. The van der Waals surface area contributed by atoms with Gasteiger partial charge in [0.25, 0.3) is 0 Å². The lowest BCUT2D eigenvalue weighted by atomic mass is 9.97. The number of azide groups is 1. The number of likely N-dealkylation sites (tertiary alicyclic amines) is 1. The first-order chi connectivity index (χ1) is 59.6. The van der Waals surface area contributed by atoms with E-state index in [4.69, 9.17) is 22.3 Å². The number of benzene rings is 5. The number of fused-ring (bicyclic) bond motifs is 1. The van der Waals surface area contributed by atoms with Crippen LogP contribution in [0, 0.1) is 5.92 Å². The Bertz CT molecular complexity index is 4920. The van der Waals surface area contributed by atoms with Gasteiger partial charge < -0.3 is 89.8 Å². The number of carbonyl (C=O) groups is 11. The Labute approximate surface area is 732 Å². The SMILES string of the molecule is CCNc1nc(NC(C)C)nc(-c2ccc(C[C@H](NC(=O)[C@H](Cc3ccc(-c4nc(NCC)nc(NC(C)C)n4)cc3)N(C)C(=O)[C@H](CO)NC(=O)[C@H](Cc3cccc4ccccc34)NC(=O)[C@H](Cc3ccc(Cl)cc3)NC(=O)C(N=[N+]=[N-])NC(C)=O)C(=O)N[C@@H](CC(C)C)C(=O)N[C@@H](CCCCNC(C)C)C(=O)N3CCC[C@H]3C(=O)N[C@@H](C)C(N)=O)cc2)n1. The van der Waals surface area contributed by atoms with Crippen molar-refractivity contribution in [2.45, 2.75) is 226 Å². The number of aliphatic hydroxyl groups is 1. The van der Waals surface area contributed by atoms with Crippen molar-refractivity contribution in [2.24, 2.45) is 16.8 Å². The molecule has 37 nitrogen and oxygen atoms in total. The Kier molecular flexibility index (Phi) is 37.4. The second kappa shape index (κ2) is 47.8. The van der Waals surface area contributed by atoms with E-state index in [0.717, 1.165) is 17.2 Å². The molecule has 2 aromatic heterocycles. The number of likely N-dealkylation sites (N-methyl/N-ethyl adjacent to an activating group) is 1. The summed E-state index contributed by atoms with van der Waals surface area (Å²) in [6.45, 7) is 22.3. The molecule has 7 aromatic rings. The van der Waals surface area contributed by atoms with E-state index in [9.17, 15) is 34.6 Å². The number of hydrogen-bond donors (Lipinski definition) is 15. The van der Waals surface area contributed by atoms with Crippen LogP contribution >= 0.6 is 11.6 Å². The minimum atomic E-state index is -1.89. The lowest BCUT2D eigenvalue weighted by Crippen LogP contribution is -2.62. The molecular weight excluding hydrogens is 1620 g/mol. The van der Waals surface area contributed by atoms with Crippen LogP contribution in [-0.2, 0) is 78.4 Å². The van der Waals surface area contributed by atoms with E-state index in [2.05, 4.69) is 104 Å². The first kappa shape index (κ1) is 97.7. The van der Waals surface area contributed by atoms with Crippen LogP contribution in [0.25, 0.3) is 44.0 Å². The third kappa shape index (κ3) is 29.8. The van der Waals surface area contributed by atoms with Gasteiger partial charge in [-0.3, -0.25) is 52.7 Å². The number of primary amides is 1. The number of nitrogens with zero attached hydrogens (tertiary/aromatic N) is 11. The fourth-order valence-corrected chi connectivity index (χ4v) is 14.2. The normalized spacial score (nSPS) is 14.6. The Morgan fingerprint density at radius 3 is 1.57 bits per heavy atom. The van der Waals surface area contributed by atoms with E-state index in [0.29, 0.717) is 112 Å². The highest BCUT2D eigenvalue weighted by molar-refractivity contribution is 6.30. The number of amides is 11. The van der Waals surface area contributed by atoms with Gasteiger partial charge in [0.15, 0.2) is 17.8 Å². The van der Waals surface area contributed by atoms with Crippen molar-refractivity contribution in [3.63, 3.8) is 0 Å². The second-order valence-corrected chi connectivity index (χ2v) is 32.6. The topological polar surface area (TPSA) is 523 Å². The van der Waals surface area contributed by atoms with Gasteiger partial charge >= 0.3 is 0 Å². The molecule has 16 N–H and O–H groups in total. The molecule has 0 bridgehead atoms. The molecule has 1 aliphatic rings. The van der Waals surface area contributed by atoms with Crippen molar-refractivity contribution < 1.29 is 57.8 Å². The highest BCUT2D eigenvalue weighted by atomic mass is 35.5. The van der Waals surface area contributed by atoms with E-state index >= 15 is 28.8 Å². The number of aliphatic hydroxyl groups excluding tert-OH is 1. The average molecular weight is 1740 g/mol. The first-order valence-electron chi connectivity index (χ1n) is 42.2. The summed E-state index contributed by atoms with van der Waals surface area (Å²) in [5.74, 6) is -7.83. The van der Waals surface area contributed by atoms with Crippen molar-refractivity contribution in [3.8, 4) is 22.8 Å². The van der Waals surface area contributed by atoms with Crippen molar-refractivity contribution in [1.29, 1.82) is 0 Å². The van der Waals surface area contributed by atoms with Crippen LogP contribution in [0.3, 0.4) is 0 Å². The molecule has 1 saturated heterocycles. The molecule has 1 unspecified atom stereocenters. The zero-order valence-electron chi connectivity index (χ0n) is 73.0. The third-order valence-electron chi connectivity index (χ3n) is 20.3. The minimum Gasteiger partial charge on any atom is -0.394 e. The van der Waals surface area contributed by atoms with E-state index in [1.165, 1.54) is 18.9 Å². The smallest absolute Gasteiger partial charge is 0.249 e. The highest BCUT2D eigenvalue weighted by Crippen LogP contribution is 2.27. The molecule has 10 atom stereocenters. The Hall–Kier alpha value is -12.7. The number of nitrogens with one attached hydrogen (secondary N) is 13. The lowest BCUT2D eigenvalue weighted by molar-refractivity contribution is -0.144. The van der Waals surface area contributed by atoms with Crippen LogP contribution < -0.4 is 74.9 Å². The molecule has 0 radical (unpaired) electrons. The van der Waals surface area contributed by atoms with Crippen LogP contribution in [-0.4, -0.2) is 228 Å². The highest BCUT2D eigenvalue weighted by Gasteiger charge is 2.41. The van der Waals surface area contributed by atoms with Crippen LogP contribution in [0.4, 0.5) is 23.8 Å². The number of rotatable bonds is 47. The summed E-state index contributed by atoms with van der Waals surface area (Å²) in [7, 11) is 1.27. The van der Waals surface area contributed by atoms with Crippen molar-refractivity contribution >= 4 is 111 Å². The molecule has 0 saturated carbocycles. The summed E-state index contributed by atoms with van der Waals surface area (Å²) >= 11 is 6.26. The van der Waals surface area contributed by atoms with Gasteiger partial charge in [-0.05, 0) is 150 Å². The van der Waals surface area contributed by atoms with Gasteiger partial charge in [-0.15, -0.1) is 0 Å². The molecule has 670 valence electrons. The van der Waals surface area contributed by atoms with Gasteiger partial charge in [0.2, 0.25) is 88.8 Å². The fourth-order valence-electron chi connectivity index (χ4n) is 14.0. The maximum atomic E-state index is 16.1. The van der Waals surface area contributed by atoms with Crippen LogP contribution in [0.2, 0.25) is 5.02 Å². The summed E-state index contributed by atoms with van der Waals surface area (Å²) in [4.78, 5) is 193. The molecule has 0 spiro atoms. The van der Waals surface area contributed by atoms with Gasteiger partial charge in [0.1, 0.15) is 54.4 Å². The quantitative estimate of drug-likeness (QED) is 0.00945. The Morgan fingerprint density at radius 1 is 0.560 bits per heavy atom. The molecule has 3 heterocycles. The summed E-state index contributed by atoms with van der Waals surface area (Å²) in [5.41, 5.74) is 17.9. The number of anilines is 4. The third-order valence-corrected chi connectivity index (χ3v) is 20.6. The van der Waals surface area contributed by atoms with Gasteiger partial charge in [-0.2, -0.15) is 29.9 Å². The largest absolute Gasteiger partial charge is 0.394 e. The number of nitrogens with two attached hydrogens (primary N) is 1. The second-order valence-electron chi connectivity index (χ2n) is 32.1. The van der Waals surface area contributed by atoms with Gasteiger partial charge in [0.05, 0.1) is 6.61 Å². The van der Waals surface area contributed by atoms with Gasteiger partial charge in [0, 0.05) is 98.5 Å². The van der Waals surface area contributed by atoms with E-state index in [1.807, 2.05) is 87.4 Å². The molecule has 38 heteroatoms. The first-order valence-corrected chi connectivity index (χ1v) is 42.6. The van der Waals surface area contributed by atoms with Gasteiger partial charge in [-0.25, -0.2) is 0 Å². The molecular formula is C87H118ClN25O12. The van der Waals surface area contributed by atoms with Crippen molar-refractivity contribution in [3.05, 3.63) is 153 Å². The number of unbranched alkanes of at least 4 members (excludes halogenated alkanes) is 1. The number of aromatic nitrogens is 6. The number of carbonyl (C=O) groups excluding carboxylic acids is 11. The average Bonchev–Trinajstić information content (AvgIpc) is 1.59. The van der Waals surface area contributed by atoms with Gasteiger partial charge in [-0.1, -0.05) is 148 Å². The van der Waals surface area contributed by atoms with E-state index < -0.39 is 132 Å². The van der Waals surface area contributed by atoms with Crippen molar-refractivity contribution in [1.82, 2.24) is 87.6 Å². The molecule has 125 heavy (non-hydrogen) atoms. The summed E-state index contributed by atoms with van der Waals surface area (Å²) in [6.07, 6.45) is -1.02. The fraction of sp³-hybridized carbons (Fsp3) is 0.483. The van der Waals surface area contributed by atoms with E-state index in [1.54, 1.807) is 97.1 Å². The predicted molar refractivity (Wildman–Crippen MR) is 477 cm³/mol. The zero-order chi connectivity index (χ0) is 91.1. The molecule has 11 amide bonds. The molecule has 0 aliphatic carbocycles. The van der Waals surface area contributed by atoms with E-state index in [-0.39, 0.29) is 81.4 Å². The monoisotopic (exact) mass is 1740 g/mol. The maximum Gasteiger partial charge on any atom is 0.249 e. The van der Waals surface area contributed by atoms with Crippen molar-refractivity contribution in [2.75, 3.05) is 61.1 Å². The summed E-state index contributed by atoms with van der Waals surface area (Å²) < 4.78 is 0. The molecule has 1 fully saturated rings. The molecule has 5 aromatic carbocycles. The predicted octanol–water partition coefficient (Wildman–Crippen LogP) is 5.67. The zero-order valence-corrected chi connectivity index (χ0v) is 73.7. The number of halogens is 1. The van der Waals surface area contributed by atoms with Crippen LogP contribution in [0.1, 0.15) is 144 Å². The molecule has 1 aliphatic heterocycles. The lowest BCUT2D eigenvalue weighted by Gasteiger charge is -2.33. The Morgan fingerprint density at radius 2 is 1.05 bits per heavy atom. The summed E-state index contributed by atoms with van der Waals surface area (Å²) in [5, 5.41) is 54.4. The Balaban J connectivity index is 1.20. The standard InChI is InChI=1S/C87H118ClN25O12/c1-14-91-84-104-72(106-86(108-84)94-50(7)8)58-34-28-54(29-35-58)43-65(76(118)99-64(42-48(3)4)75(117)98-63(26-18-19-40-93-49(5)6)83(125)113-41-21-27-69(113)79(121)96-52(11)71(89)116)101-80(122)70(45-56-30-36-59(37-31-56)73-105-85(92-15-2)109-87(107-73)95-51(9)10)112(13)82(124)68(47-114)103-78(120)67(46-60-24-20-23-57-22-16-17-25-62(57)60)100-77(119)66(44-55-32-38-61(88)39-33-55)102-81(123)74(110-111-90)97-53(12)115/h16-17,20,22-25,28-39,48-52,63-70,74,93,114H,14-15,18-19,21,26-27,40-47H2,1-13H3,(H2,89,116)(H,96,121)(H,97,115)(H,98,117)(H,99,118)(H,100,119)(H,101,122)(H,102,123)(H,103,120)(H2,91,94,104,106,108)(H2,92,95,105,107,109)/t52-,63-,64-,65-,66-,67-,68-,69-,70-,74?/m0/s1. The molecule has 8 rings (SSSR count).